The largest absolute Gasteiger partial charge is 0.462 e. The quantitative estimate of drug-likeness (QED) is 0.593. The highest BCUT2D eigenvalue weighted by Crippen LogP contribution is 2.19. The van der Waals surface area contributed by atoms with Crippen LogP contribution in [-0.4, -0.2) is 17.6 Å². The molecule has 0 aliphatic rings. The maximum absolute atomic E-state index is 11.6. The molecule has 1 atom stereocenters. The second kappa shape index (κ2) is 7.04. The fraction of sp³-hybridized carbons (Fsp3) is 0.333. The van der Waals surface area contributed by atoms with Gasteiger partial charge in [0.15, 0.2) is 0 Å². The van der Waals surface area contributed by atoms with Crippen LogP contribution >= 0.6 is 11.3 Å². The molecular formula is C15H17NO2S. The molecule has 1 unspecified atom stereocenters. The van der Waals surface area contributed by atoms with Gasteiger partial charge in [-0.2, -0.15) is 0 Å². The number of aromatic nitrogens is 1. The molecule has 2 aromatic heterocycles. The molecule has 0 bridgehead atoms. The third-order valence-corrected chi connectivity index (χ3v) is 3.86. The first-order valence-electron chi connectivity index (χ1n) is 6.38. The Bertz CT molecular complexity index is 496. The van der Waals surface area contributed by atoms with E-state index in [1.165, 1.54) is 16.9 Å². The van der Waals surface area contributed by atoms with Crippen LogP contribution in [0.3, 0.4) is 0 Å². The molecule has 0 aromatic carbocycles. The molecule has 0 amide bonds. The average Bonchev–Trinajstić information content (AvgIpc) is 2.98. The molecular weight excluding hydrogens is 258 g/mol. The molecule has 3 nitrogen and oxygen atoms in total. The Hall–Kier alpha value is -1.68. The van der Waals surface area contributed by atoms with E-state index in [1.807, 2.05) is 36.0 Å². The Balaban J connectivity index is 1.68. The van der Waals surface area contributed by atoms with Crippen LogP contribution in [0.25, 0.3) is 0 Å². The second-order valence-electron chi connectivity index (χ2n) is 4.44. The number of pyridine rings is 1. The van der Waals surface area contributed by atoms with Crippen molar-refractivity contribution in [2.75, 3.05) is 6.61 Å². The molecule has 2 aromatic rings. The fourth-order valence-electron chi connectivity index (χ4n) is 1.88. The van der Waals surface area contributed by atoms with Crippen molar-refractivity contribution < 1.29 is 9.53 Å². The Labute approximate surface area is 117 Å². The molecule has 0 aliphatic carbocycles. The summed E-state index contributed by atoms with van der Waals surface area (Å²) in [5.74, 6) is 0.245. The van der Waals surface area contributed by atoms with Gasteiger partial charge in [0.25, 0.3) is 0 Å². The van der Waals surface area contributed by atoms with Gasteiger partial charge in [-0.3, -0.25) is 4.98 Å². The number of thiophene rings is 1. The third kappa shape index (κ3) is 4.17. The van der Waals surface area contributed by atoms with Gasteiger partial charge in [0.05, 0.1) is 6.61 Å². The van der Waals surface area contributed by atoms with Crippen LogP contribution in [0.4, 0.5) is 0 Å². The monoisotopic (exact) mass is 275 g/mol. The molecule has 0 saturated heterocycles. The first-order valence-corrected chi connectivity index (χ1v) is 7.26. The van der Waals surface area contributed by atoms with E-state index in [4.69, 9.17) is 4.74 Å². The van der Waals surface area contributed by atoms with Gasteiger partial charge >= 0.3 is 5.97 Å². The SMILES string of the molecule is CC(CCCOC(=O)c1cccs1)c1ccncc1. The van der Waals surface area contributed by atoms with Gasteiger partial charge in [0.1, 0.15) is 4.88 Å². The van der Waals surface area contributed by atoms with E-state index in [1.54, 1.807) is 6.07 Å². The lowest BCUT2D eigenvalue weighted by Crippen LogP contribution is -2.05. The Kier molecular flexibility index (Phi) is 5.10. The van der Waals surface area contributed by atoms with Crippen molar-refractivity contribution in [3.63, 3.8) is 0 Å². The summed E-state index contributed by atoms with van der Waals surface area (Å²) in [6.07, 6.45) is 5.49. The van der Waals surface area contributed by atoms with Gasteiger partial charge in [-0.1, -0.05) is 13.0 Å². The predicted octanol–water partition coefficient (Wildman–Crippen LogP) is 3.88. The van der Waals surface area contributed by atoms with E-state index in [2.05, 4.69) is 11.9 Å². The maximum atomic E-state index is 11.6. The molecule has 0 N–H and O–H groups in total. The third-order valence-electron chi connectivity index (χ3n) is 3.01. The molecule has 0 fully saturated rings. The summed E-state index contributed by atoms with van der Waals surface area (Å²) in [6.45, 7) is 2.66. The van der Waals surface area contributed by atoms with Crippen LogP contribution in [0.2, 0.25) is 0 Å². The molecule has 2 rings (SSSR count). The lowest BCUT2D eigenvalue weighted by atomic mass is 9.98. The molecule has 19 heavy (non-hydrogen) atoms. The average molecular weight is 275 g/mol. The van der Waals surface area contributed by atoms with Crippen LogP contribution < -0.4 is 0 Å². The normalized spacial score (nSPS) is 12.1. The predicted molar refractivity (Wildman–Crippen MR) is 76.5 cm³/mol. The molecule has 0 spiro atoms. The smallest absolute Gasteiger partial charge is 0.348 e. The summed E-state index contributed by atoms with van der Waals surface area (Å²) in [7, 11) is 0. The van der Waals surface area contributed by atoms with E-state index < -0.39 is 0 Å². The van der Waals surface area contributed by atoms with Crippen molar-refractivity contribution in [3.8, 4) is 0 Å². The number of esters is 1. The lowest BCUT2D eigenvalue weighted by molar-refractivity contribution is 0.0502. The van der Waals surface area contributed by atoms with Gasteiger partial charge in [0, 0.05) is 12.4 Å². The summed E-state index contributed by atoms with van der Waals surface area (Å²) < 4.78 is 5.23. The van der Waals surface area contributed by atoms with Crippen LogP contribution in [0.15, 0.2) is 42.0 Å². The standard InChI is InChI=1S/C15H17NO2S/c1-12(13-6-8-16-9-7-13)4-2-10-18-15(17)14-5-3-11-19-14/h3,5-9,11-12H,2,4,10H2,1H3. The van der Waals surface area contributed by atoms with Crippen LogP contribution in [0.1, 0.15) is 40.9 Å². The fourth-order valence-corrected chi connectivity index (χ4v) is 2.49. The van der Waals surface area contributed by atoms with Crippen molar-refractivity contribution in [3.05, 3.63) is 52.5 Å². The molecule has 0 radical (unpaired) electrons. The zero-order valence-corrected chi connectivity index (χ0v) is 11.7. The number of hydrogen-bond acceptors (Lipinski definition) is 4. The number of hydrogen-bond donors (Lipinski definition) is 0. The Morgan fingerprint density at radius 1 is 1.37 bits per heavy atom. The van der Waals surface area contributed by atoms with Crippen molar-refractivity contribution in [2.24, 2.45) is 0 Å². The highest BCUT2D eigenvalue weighted by molar-refractivity contribution is 7.11. The molecule has 2 heterocycles. The van der Waals surface area contributed by atoms with Gasteiger partial charge in [-0.25, -0.2) is 4.79 Å². The summed E-state index contributed by atoms with van der Waals surface area (Å²) in [6, 6.07) is 7.70. The molecule has 100 valence electrons. The molecule has 0 aliphatic heterocycles. The zero-order valence-electron chi connectivity index (χ0n) is 10.9. The highest BCUT2D eigenvalue weighted by Gasteiger charge is 2.09. The Morgan fingerprint density at radius 2 is 2.16 bits per heavy atom. The minimum atomic E-state index is -0.216. The summed E-state index contributed by atoms with van der Waals surface area (Å²) >= 11 is 1.41. The minimum absolute atomic E-state index is 0.216. The van der Waals surface area contributed by atoms with Crippen molar-refractivity contribution in [1.82, 2.24) is 4.98 Å². The topological polar surface area (TPSA) is 39.2 Å². The number of carbonyl (C=O) groups excluding carboxylic acids is 1. The lowest BCUT2D eigenvalue weighted by Gasteiger charge is -2.11. The number of ether oxygens (including phenoxy) is 1. The van der Waals surface area contributed by atoms with Gasteiger partial charge in [-0.05, 0) is 47.9 Å². The first-order chi connectivity index (χ1) is 9.27. The number of nitrogens with zero attached hydrogens (tertiary/aromatic N) is 1. The minimum Gasteiger partial charge on any atom is -0.462 e. The Morgan fingerprint density at radius 3 is 2.84 bits per heavy atom. The summed E-state index contributed by atoms with van der Waals surface area (Å²) in [4.78, 5) is 16.3. The van der Waals surface area contributed by atoms with Crippen LogP contribution in [0.5, 0.6) is 0 Å². The number of rotatable bonds is 6. The van der Waals surface area contributed by atoms with Crippen molar-refractivity contribution in [1.29, 1.82) is 0 Å². The van der Waals surface area contributed by atoms with Gasteiger partial charge in [-0.15, -0.1) is 11.3 Å². The van der Waals surface area contributed by atoms with Gasteiger partial charge in [0.2, 0.25) is 0 Å². The zero-order chi connectivity index (χ0) is 13.5. The van der Waals surface area contributed by atoms with Crippen LogP contribution in [-0.2, 0) is 4.74 Å². The van der Waals surface area contributed by atoms with E-state index >= 15 is 0 Å². The van der Waals surface area contributed by atoms with E-state index in [0.29, 0.717) is 17.4 Å². The van der Waals surface area contributed by atoms with E-state index in [-0.39, 0.29) is 5.97 Å². The van der Waals surface area contributed by atoms with E-state index in [0.717, 1.165) is 12.8 Å². The van der Waals surface area contributed by atoms with E-state index in [9.17, 15) is 4.79 Å². The van der Waals surface area contributed by atoms with Gasteiger partial charge < -0.3 is 4.74 Å². The summed E-state index contributed by atoms with van der Waals surface area (Å²) in [5, 5.41) is 1.88. The highest BCUT2D eigenvalue weighted by atomic mass is 32.1. The van der Waals surface area contributed by atoms with Crippen LogP contribution in [0, 0.1) is 0 Å². The first kappa shape index (κ1) is 13.7. The second-order valence-corrected chi connectivity index (χ2v) is 5.38. The summed E-state index contributed by atoms with van der Waals surface area (Å²) in [5.41, 5.74) is 1.28. The molecule has 0 saturated carbocycles. The van der Waals surface area contributed by atoms with Crippen molar-refractivity contribution in [2.45, 2.75) is 25.7 Å². The molecule has 4 heteroatoms. The maximum Gasteiger partial charge on any atom is 0.348 e. The number of carbonyl (C=O) groups is 1. The van der Waals surface area contributed by atoms with Crippen molar-refractivity contribution >= 4 is 17.3 Å².